The Morgan fingerprint density at radius 3 is 2.30 bits per heavy atom. The van der Waals surface area contributed by atoms with E-state index in [1.807, 2.05) is 43.3 Å². The number of ether oxygens (including phenoxy) is 1. The lowest BCUT2D eigenvalue weighted by Gasteiger charge is -2.21. The van der Waals surface area contributed by atoms with Crippen LogP contribution in [0.3, 0.4) is 0 Å². The fraction of sp³-hybridized carbons (Fsp3) is 0.316. The third kappa shape index (κ3) is 3.83. The topological polar surface area (TPSA) is 41.6 Å². The second kappa shape index (κ2) is 7.68. The van der Waals surface area contributed by atoms with Gasteiger partial charge in [-0.1, -0.05) is 12.1 Å². The molecule has 0 saturated heterocycles. The van der Waals surface area contributed by atoms with Crippen molar-refractivity contribution in [1.82, 2.24) is 0 Å². The Hall–Kier alpha value is -2.49. The van der Waals surface area contributed by atoms with E-state index in [0.717, 1.165) is 30.0 Å². The van der Waals surface area contributed by atoms with Crippen LogP contribution in [-0.2, 0) is 0 Å². The number of nitrogens with one attached hydrogen (secondary N) is 1. The minimum absolute atomic E-state index is 0.166. The summed E-state index contributed by atoms with van der Waals surface area (Å²) in [5.74, 6) is 0.450. The Bertz CT molecular complexity index is 662. The summed E-state index contributed by atoms with van der Waals surface area (Å²) in [6.45, 7) is 8.10. The molecule has 0 heterocycles. The molecule has 2 aromatic carbocycles. The fourth-order valence-corrected chi connectivity index (χ4v) is 2.64. The smallest absolute Gasteiger partial charge is 0.259 e. The summed E-state index contributed by atoms with van der Waals surface area (Å²) in [5.41, 5.74) is 3.41. The Morgan fingerprint density at radius 1 is 1.09 bits per heavy atom. The lowest BCUT2D eigenvalue weighted by Crippen LogP contribution is -2.21. The highest BCUT2D eigenvalue weighted by Crippen LogP contribution is 2.24. The Balaban J connectivity index is 2.16. The van der Waals surface area contributed by atoms with E-state index >= 15 is 0 Å². The van der Waals surface area contributed by atoms with Gasteiger partial charge in [0.15, 0.2) is 0 Å². The normalized spacial score (nSPS) is 10.3. The van der Waals surface area contributed by atoms with Crippen LogP contribution >= 0.6 is 0 Å². The van der Waals surface area contributed by atoms with E-state index in [2.05, 4.69) is 24.1 Å². The number of amides is 1. The third-order valence-electron chi connectivity index (χ3n) is 3.91. The maximum atomic E-state index is 12.5. The van der Waals surface area contributed by atoms with Crippen molar-refractivity contribution in [2.24, 2.45) is 0 Å². The first-order valence-electron chi connectivity index (χ1n) is 7.90. The zero-order valence-electron chi connectivity index (χ0n) is 14.2. The molecule has 4 nitrogen and oxygen atoms in total. The van der Waals surface area contributed by atoms with Gasteiger partial charge in [0.25, 0.3) is 5.91 Å². The van der Waals surface area contributed by atoms with Gasteiger partial charge in [0.1, 0.15) is 5.75 Å². The van der Waals surface area contributed by atoms with Crippen molar-refractivity contribution in [2.75, 3.05) is 30.4 Å². The number of hydrogen-bond donors (Lipinski definition) is 1. The molecule has 0 aliphatic rings. The van der Waals surface area contributed by atoms with Crippen molar-refractivity contribution < 1.29 is 9.53 Å². The predicted octanol–water partition coefficient (Wildman–Crippen LogP) is 4.10. The van der Waals surface area contributed by atoms with Gasteiger partial charge >= 0.3 is 0 Å². The molecule has 23 heavy (non-hydrogen) atoms. The standard InChI is InChI=1S/C19H24N2O2/c1-5-21(6-2)16-12-10-15(11-13-16)20-19(22)17-9-7-8-14(3)18(17)23-4/h7-13H,5-6H2,1-4H3,(H,20,22). The molecular formula is C19H24N2O2. The van der Waals surface area contributed by atoms with Crippen LogP contribution in [0.25, 0.3) is 0 Å². The zero-order valence-corrected chi connectivity index (χ0v) is 14.2. The minimum Gasteiger partial charge on any atom is -0.496 e. The second-order valence-electron chi connectivity index (χ2n) is 5.33. The first-order chi connectivity index (χ1) is 11.1. The summed E-state index contributed by atoms with van der Waals surface area (Å²) >= 11 is 0. The number of anilines is 2. The number of aryl methyl sites for hydroxylation is 1. The van der Waals surface area contributed by atoms with Crippen molar-refractivity contribution in [3.8, 4) is 5.75 Å². The molecule has 0 aromatic heterocycles. The SMILES string of the molecule is CCN(CC)c1ccc(NC(=O)c2cccc(C)c2OC)cc1. The monoisotopic (exact) mass is 312 g/mol. The molecule has 2 aromatic rings. The molecule has 0 atom stereocenters. The molecular weight excluding hydrogens is 288 g/mol. The van der Waals surface area contributed by atoms with Crippen LogP contribution in [0.2, 0.25) is 0 Å². The number of para-hydroxylation sites is 1. The van der Waals surface area contributed by atoms with Crippen LogP contribution in [0.4, 0.5) is 11.4 Å². The van der Waals surface area contributed by atoms with Crippen LogP contribution in [0.15, 0.2) is 42.5 Å². The van der Waals surface area contributed by atoms with E-state index in [1.165, 1.54) is 0 Å². The summed E-state index contributed by atoms with van der Waals surface area (Å²) < 4.78 is 5.35. The largest absolute Gasteiger partial charge is 0.496 e. The van der Waals surface area contributed by atoms with Crippen molar-refractivity contribution in [3.63, 3.8) is 0 Å². The van der Waals surface area contributed by atoms with Gasteiger partial charge in [-0.05, 0) is 56.7 Å². The number of hydrogen-bond acceptors (Lipinski definition) is 3. The highest BCUT2D eigenvalue weighted by molar-refractivity contribution is 6.06. The summed E-state index contributed by atoms with van der Waals surface area (Å²) in [7, 11) is 1.58. The molecule has 0 aliphatic carbocycles. The van der Waals surface area contributed by atoms with Crippen molar-refractivity contribution in [2.45, 2.75) is 20.8 Å². The minimum atomic E-state index is -0.166. The lowest BCUT2D eigenvalue weighted by molar-refractivity contribution is 0.102. The summed E-state index contributed by atoms with van der Waals surface area (Å²) in [5, 5.41) is 2.92. The van der Waals surface area contributed by atoms with E-state index in [4.69, 9.17) is 4.74 Å². The molecule has 122 valence electrons. The van der Waals surface area contributed by atoms with E-state index in [1.54, 1.807) is 13.2 Å². The number of carbonyl (C=O) groups excluding carboxylic acids is 1. The van der Waals surface area contributed by atoms with E-state index in [0.29, 0.717) is 11.3 Å². The molecule has 1 amide bonds. The van der Waals surface area contributed by atoms with E-state index in [-0.39, 0.29) is 5.91 Å². The van der Waals surface area contributed by atoms with Gasteiger partial charge in [-0.15, -0.1) is 0 Å². The van der Waals surface area contributed by atoms with Crippen molar-refractivity contribution >= 4 is 17.3 Å². The molecule has 0 saturated carbocycles. The van der Waals surface area contributed by atoms with Gasteiger partial charge in [-0.3, -0.25) is 4.79 Å². The fourth-order valence-electron chi connectivity index (χ4n) is 2.64. The molecule has 0 fully saturated rings. The quantitative estimate of drug-likeness (QED) is 0.873. The molecule has 0 aliphatic heterocycles. The van der Waals surface area contributed by atoms with Gasteiger partial charge in [-0.25, -0.2) is 0 Å². The number of methoxy groups -OCH3 is 1. The molecule has 2 rings (SSSR count). The Morgan fingerprint density at radius 2 is 1.74 bits per heavy atom. The van der Waals surface area contributed by atoms with Crippen LogP contribution in [0, 0.1) is 6.92 Å². The highest BCUT2D eigenvalue weighted by Gasteiger charge is 2.14. The second-order valence-corrected chi connectivity index (χ2v) is 5.33. The maximum absolute atomic E-state index is 12.5. The number of benzene rings is 2. The average Bonchev–Trinajstić information content (AvgIpc) is 2.57. The molecule has 4 heteroatoms. The van der Waals surface area contributed by atoms with Crippen LogP contribution in [0.5, 0.6) is 5.75 Å². The van der Waals surface area contributed by atoms with Gasteiger partial charge in [0, 0.05) is 24.5 Å². The van der Waals surface area contributed by atoms with Crippen LogP contribution < -0.4 is 15.0 Å². The third-order valence-corrected chi connectivity index (χ3v) is 3.91. The predicted molar refractivity (Wildman–Crippen MR) is 95.7 cm³/mol. The maximum Gasteiger partial charge on any atom is 0.259 e. The Labute approximate surface area is 138 Å². The Kier molecular flexibility index (Phi) is 5.63. The number of nitrogens with zero attached hydrogens (tertiary/aromatic N) is 1. The van der Waals surface area contributed by atoms with Crippen LogP contribution in [-0.4, -0.2) is 26.1 Å². The zero-order chi connectivity index (χ0) is 16.8. The molecule has 0 bridgehead atoms. The lowest BCUT2D eigenvalue weighted by atomic mass is 10.1. The number of carbonyl (C=O) groups is 1. The summed E-state index contributed by atoms with van der Waals surface area (Å²) in [6.07, 6.45) is 0. The number of rotatable bonds is 6. The first kappa shape index (κ1) is 16.9. The van der Waals surface area contributed by atoms with Gasteiger partial charge in [-0.2, -0.15) is 0 Å². The van der Waals surface area contributed by atoms with E-state index < -0.39 is 0 Å². The van der Waals surface area contributed by atoms with Gasteiger partial charge in [0.2, 0.25) is 0 Å². The van der Waals surface area contributed by atoms with E-state index in [9.17, 15) is 4.79 Å². The summed E-state index contributed by atoms with van der Waals surface area (Å²) in [6, 6.07) is 13.4. The van der Waals surface area contributed by atoms with Crippen molar-refractivity contribution in [3.05, 3.63) is 53.6 Å². The first-order valence-corrected chi connectivity index (χ1v) is 7.90. The molecule has 0 unspecified atom stereocenters. The van der Waals surface area contributed by atoms with Crippen LogP contribution in [0.1, 0.15) is 29.8 Å². The van der Waals surface area contributed by atoms with Gasteiger partial charge in [0.05, 0.1) is 12.7 Å². The molecule has 0 spiro atoms. The summed E-state index contributed by atoms with van der Waals surface area (Å²) in [4.78, 5) is 14.7. The highest BCUT2D eigenvalue weighted by atomic mass is 16.5. The molecule has 1 N–H and O–H groups in total. The van der Waals surface area contributed by atoms with Crippen molar-refractivity contribution in [1.29, 1.82) is 0 Å². The van der Waals surface area contributed by atoms with Gasteiger partial charge < -0.3 is 15.0 Å². The molecule has 0 radical (unpaired) electrons. The average molecular weight is 312 g/mol.